The van der Waals surface area contributed by atoms with E-state index in [2.05, 4.69) is 109 Å². The molecule has 0 spiro atoms. The van der Waals surface area contributed by atoms with E-state index >= 15 is 0 Å². The Morgan fingerprint density at radius 2 is 1.30 bits per heavy atom. The van der Waals surface area contributed by atoms with Gasteiger partial charge < -0.3 is 0 Å². The second-order valence-corrected chi connectivity index (χ2v) is 8.69. The standard InChI is InChI=1S/C34H27N3/c1-4-26-20-21-27-13-7-9-16-31(27)33(26)34-29(23-22-28-14-8-10-17-32(28)34)19-18-25-12-11-15-30(24-25)35-36-37(5-2)6-3/h1,7-17,20-24H,5-6H2,2-3H3. The fourth-order valence-corrected chi connectivity index (χ4v) is 4.56. The van der Waals surface area contributed by atoms with Crippen LogP contribution in [-0.4, -0.2) is 18.1 Å². The Morgan fingerprint density at radius 1 is 0.676 bits per heavy atom. The number of terminal acetylenes is 1. The molecule has 0 atom stereocenters. The Morgan fingerprint density at radius 3 is 1.95 bits per heavy atom. The SMILES string of the molecule is C#Cc1ccc2ccccc2c1-c1c(C#Cc2cccc(N=NN(CC)CC)c2)ccc2ccccc12. The van der Waals surface area contributed by atoms with Crippen LogP contribution < -0.4 is 0 Å². The molecule has 0 N–H and O–H groups in total. The van der Waals surface area contributed by atoms with Gasteiger partial charge in [-0.05, 0) is 65.7 Å². The average molecular weight is 478 g/mol. The van der Waals surface area contributed by atoms with Gasteiger partial charge in [0.05, 0.1) is 5.69 Å². The zero-order valence-electron chi connectivity index (χ0n) is 21.1. The summed E-state index contributed by atoms with van der Waals surface area (Å²) in [6.07, 6.45) is 6.02. The third-order valence-electron chi connectivity index (χ3n) is 6.47. The summed E-state index contributed by atoms with van der Waals surface area (Å²) >= 11 is 0. The van der Waals surface area contributed by atoms with E-state index in [1.807, 2.05) is 35.3 Å². The lowest BCUT2D eigenvalue weighted by molar-refractivity contribution is 0.301. The molecule has 5 aromatic rings. The molecule has 3 nitrogen and oxygen atoms in total. The summed E-state index contributed by atoms with van der Waals surface area (Å²) in [4.78, 5) is 0. The van der Waals surface area contributed by atoms with Gasteiger partial charge in [0.2, 0.25) is 0 Å². The smallest absolute Gasteiger partial charge is 0.0886 e. The highest BCUT2D eigenvalue weighted by Crippen LogP contribution is 2.38. The third-order valence-corrected chi connectivity index (χ3v) is 6.47. The average Bonchev–Trinajstić information content (AvgIpc) is 2.96. The third kappa shape index (κ3) is 4.94. The summed E-state index contributed by atoms with van der Waals surface area (Å²) < 4.78 is 0. The summed E-state index contributed by atoms with van der Waals surface area (Å²) in [6.45, 7) is 5.76. The van der Waals surface area contributed by atoms with Gasteiger partial charge >= 0.3 is 0 Å². The molecule has 0 radical (unpaired) electrons. The molecule has 3 heteroatoms. The van der Waals surface area contributed by atoms with E-state index in [1.54, 1.807) is 0 Å². The van der Waals surface area contributed by atoms with Gasteiger partial charge in [-0.1, -0.05) is 89.7 Å². The van der Waals surface area contributed by atoms with E-state index in [-0.39, 0.29) is 0 Å². The van der Waals surface area contributed by atoms with Crippen LogP contribution in [0, 0.1) is 24.2 Å². The van der Waals surface area contributed by atoms with Crippen molar-refractivity contribution in [2.45, 2.75) is 13.8 Å². The van der Waals surface area contributed by atoms with Gasteiger partial charge in [0.1, 0.15) is 0 Å². The van der Waals surface area contributed by atoms with Crippen molar-refractivity contribution < 1.29 is 0 Å². The predicted octanol–water partition coefficient (Wildman–Crippen LogP) is 8.38. The maximum atomic E-state index is 6.02. The van der Waals surface area contributed by atoms with Crippen LogP contribution in [0.2, 0.25) is 0 Å². The zero-order valence-corrected chi connectivity index (χ0v) is 21.1. The molecule has 0 aliphatic carbocycles. The highest BCUT2D eigenvalue weighted by molar-refractivity contribution is 6.09. The van der Waals surface area contributed by atoms with Crippen molar-refractivity contribution >= 4 is 27.2 Å². The largest absolute Gasteiger partial charge is 0.279 e. The van der Waals surface area contributed by atoms with Gasteiger partial charge in [0.25, 0.3) is 0 Å². The number of hydrogen-bond acceptors (Lipinski definition) is 2. The Balaban J connectivity index is 1.68. The molecule has 0 aromatic heterocycles. The molecule has 37 heavy (non-hydrogen) atoms. The van der Waals surface area contributed by atoms with Crippen molar-refractivity contribution in [3.05, 3.63) is 114 Å². The van der Waals surface area contributed by atoms with Gasteiger partial charge in [0.15, 0.2) is 0 Å². The van der Waals surface area contributed by atoms with Gasteiger partial charge in [-0.15, -0.1) is 11.5 Å². The number of hydrogen-bond donors (Lipinski definition) is 0. The summed E-state index contributed by atoms with van der Waals surface area (Å²) in [5, 5.41) is 15.2. The van der Waals surface area contributed by atoms with Gasteiger partial charge in [0, 0.05) is 40.9 Å². The number of rotatable bonds is 5. The van der Waals surface area contributed by atoms with E-state index in [9.17, 15) is 0 Å². The minimum atomic E-state index is 0.779. The number of fused-ring (bicyclic) bond motifs is 2. The Kier molecular flexibility index (Phi) is 6.98. The molecular weight excluding hydrogens is 450 g/mol. The number of nitrogens with zero attached hydrogens (tertiary/aromatic N) is 3. The maximum Gasteiger partial charge on any atom is 0.0886 e. The molecule has 0 fully saturated rings. The topological polar surface area (TPSA) is 28.0 Å². The van der Waals surface area contributed by atoms with Crippen LogP contribution in [0.1, 0.15) is 30.5 Å². The Bertz CT molecular complexity index is 1720. The zero-order chi connectivity index (χ0) is 25.6. The van der Waals surface area contributed by atoms with Crippen molar-refractivity contribution in [1.82, 2.24) is 5.01 Å². The van der Waals surface area contributed by atoms with E-state index in [1.165, 1.54) is 0 Å². The summed E-state index contributed by atoms with van der Waals surface area (Å²) in [5.41, 5.74) is 5.56. The molecule has 0 aliphatic heterocycles. The van der Waals surface area contributed by atoms with Crippen molar-refractivity contribution in [3.8, 4) is 35.3 Å². The van der Waals surface area contributed by atoms with Crippen LogP contribution in [0.25, 0.3) is 32.7 Å². The normalized spacial score (nSPS) is 10.8. The van der Waals surface area contributed by atoms with Gasteiger partial charge in [-0.3, -0.25) is 5.01 Å². The molecule has 0 heterocycles. The fraction of sp³-hybridized carbons (Fsp3) is 0.118. The van der Waals surface area contributed by atoms with Crippen LogP contribution >= 0.6 is 0 Å². The van der Waals surface area contributed by atoms with Crippen LogP contribution in [0.4, 0.5) is 5.69 Å². The fourth-order valence-electron chi connectivity index (χ4n) is 4.56. The van der Waals surface area contributed by atoms with Gasteiger partial charge in [-0.25, -0.2) is 0 Å². The predicted molar refractivity (Wildman–Crippen MR) is 155 cm³/mol. The van der Waals surface area contributed by atoms with Gasteiger partial charge in [-0.2, -0.15) is 0 Å². The van der Waals surface area contributed by atoms with E-state index in [0.29, 0.717) is 0 Å². The number of benzene rings is 5. The van der Waals surface area contributed by atoms with Crippen LogP contribution in [0.15, 0.2) is 107 Å². The molecule has 5 rings (SSSR count). The first-order valence-corrected chi connectivity index (χ1v) is 12.5. The molecular formula is C34H27N3. The molecule has 178 valence electrons. The first-order chi connectivity index (χ1) is 18.2. The van der Waals surface area contributed by atoms with Crippen molar-refractivity contribution in [2.75, 3.05) is 13.1 Å². The van der Waals surface area contributed by atoms with E-state index in [4.69, 9.17) is 6.42 Å². The summed E-state index contributed by atoms with van der Waals surface area (Å²) in [7, 11) is 0. The minimum absolute atomic E-state index is 0.779. The Hall–Kier alpha value is -4.86. The molecule has 0 amide bonds. The Labute approximate surface area is 218 Å². The van der Waals surface area contributed by atoms with Crippen molar-refractivity contribution in [3.63, 3.8) is 0 Å². The first-order valence-electron chi connectivity index (χ1n) is 12.5. The van der Waals surface area contributed by atoms with E-state index in [0.717, 1.165) is 68.1 Å². The highest BCUT2D eigenvalue weighted by Gasteiger charge is 2.15. The highest BCUT2D eigenvalue weighted by atomic mass is 15.5. The maximum absolute atomic E-state index is 6.02. The lowest BCUT2D eigenvalue weighted by Crippen LogP contribution is -2.14. The molecule has 0 saturated carbocycles. The second kappa shape index (κ2) is 10.8. The van der Waals surface area contributed by atoms with Crippen LogP contribution in [0.3, 0.4) is 0 Å². The van der Waals surface area contributed by atoms with Crippen LogP contribution in [-0.2, 0) is 0 Å². The summed E-state index contributed by atoms with van der Waals surface area (Å²) in [6, 6.07) is 32.9. The molecule has 0 bridgehead atoms. The molecule has 0 aliphatic rings. The molecule has 0 saturated heterocycles. The van der Waals surface area contributed by atoms with E-state index < -0.39 is 0 Å². The summed E-state index contributed by atoms with van der Waals surface area (Å²) in [5.74, 6) is 9.73. The molecule has 0 unspecified atom stereocenters. The van der Waals surface area contributed by atoms with Crippen molar-refractivity contribution in [2.24, 2.45) is 10.3 Å². The minimum Gasteiger partial charge on any atom is -0.279 e. The first kappa shape index (κ1) is 23.9. The molecule has 5 aromatic carbocycles. The lowest BCUT2D eigenvalue weighted by Gasteiger charge is -2.15. The quantitative estimate of drug-likeness (QED) is 0.142. The lowest BCUT2D eigenvalue weighted by atomic mass is 9.87. The van der Waals surface area contributed by atoms with Crippen molar-refractivity contribution in [1.29, 1.82) is 0 Å². The monoisotopic (exact) mass is 477 g/mol. The van der Waals surface area contributed by atoms with Crippen LogP contribution in [0.5, 0.6) is 0 Å². The second-order valence-electron chi connectivity index (χ2n) is 8.69.